The third-order valence-electron chi connectivity index (χ3n) is 4.27. The Morgan fingerprint density at radius 2 is 2.13 bits per heavy atom. The quantitative estimate of drug-likeness (QED) is 0.774. The molecular weight excluding hydrogens is 310 g/mol. The van der Waals surface area contributed by atoms with Crippen molar-refractivity contribution in [2.75, 3.05) is 0 Å². The molecule has 1 amide bonds. The van der Waals surface area contributed by atoms with Crippen LogP contribution in [-0.2, 0) is 0 Å². The van der Waals surface area contributed by atoms with Gasteiger partial charge in [-0.05, 0) is 18.9 Å². The number of fused-ring (bicyclic) bond motifs is 1. The van der Waals surface area contributed by atoms with Crippen LogP contribution in [-0.4, -0.2) is 32.1 Å². The van der Waals surface area contributed by atoms with Gasteiger partial charge in [0, 0.05) is 17.6 Å². The minimum Gasteiger partial charge on any atom is -0.348 e. The molecule has 1 aliphatic carbocycles. The summed E-state index contributed by atoms with van der Waals surface area (Å²) in [6.45, 7) is 0. The molecular formula is C16H17N5OS. The molecule has 3 aromatic heterocycles. The summed E-state index contributed by atoms with van der Waals surface area (Å²) in [4.78, 5) is 22.3. The maximum Gasteiger partial charge on any atom is 0.272 e. The van der Waals surface area contributed by atoms with Gasteiger partial charge in [0.25, 0.3) is 5.91 Å². The number of hydrogen-bond donors (Lipinski definition) is 2. The number of carbonyl (C=O) groups is 1. The van der Waals surface area contributed by atoms with E-state index in [9.17, 15) is 4.79 Å². The van der Waals surface area contributed by atoms with Crippen molar-refractivity contribution in [3.8, 4) is 10.6 Å². The Labute approximate surface area is 137 Å². The molecule has 0 saturated heterocycles. The first kappa shape index (κ1) is 14.3. The fourth-order valence-electron chi connectivity index (χ4n) is 3.08. The van der Waals surface area contributed by atoms with Crippen LogP contribution in [0.4, 0.5) is 0 Å². The monoisotopic (exact) mass is 327 g/mol. The molecule has 118 valence electrons. The SMILES string of the molecule is O=C(NC1CCCCC1)c1nc(-c2cncs2)cc2cn[nH]c12. The van der Waals surface area contributed by atoms with Crippen molar-refractivity contribution in [2.45, 2.75) is 38.1 Å². The maximum absolute atomic E-state index is 12.7. The summed E-state index contributed by atoms with van der Waals surface area (Å²) in [5.41, 5.74) is 3.62. The van der Waals surface area contributed by atoms with E-state index in [2.05, 4.69) is 25.5 Å². The number of hydrogen-bond acceptors (Lipinski definition) is 5. The lowest BCUT2D eigenvalue weighted by Crippen LogP contribution is -2.36. The molecule has 1 fully saturated rings. The summed E-state index contributed by atoms with van der Waals surface area (Å²) in [5.74, 6) is -0.127. The summed E-state index contributed by atoms with van der Waals surface area (Å²) in [7, 11) is 0. The number of rotatable bonds is 3. The lowest BCUT2D eigenvalue weighted by Gasteiger charge is -2.22. The van der Waals surface area contributed by atoms with E-state index in [0.717, 1.165) is 28.8 Å². The first-order valence-corrected chi connectivity index (χ1v) is 8.73. The minimum absolute atomic E-state index is 0.127. The highest BCUT2D eigenvalue weighted by molar-refractivity contribution is 7.13. The molecule has 0 atom stereocenters. The van der Waals surface area contributed by atoms with Gasteiger partial charge in [0.1, 0.15) is 0 Å². The second-order valence-corrected chi connectivity index (χ2v) is 6.75. The van der Waals surface area contributed by atoms with Crippen LogP contribution in [0.1, 0.15) is 42.6 Å². The highest BCUT2D eigenvalue weighted by Gasteiger charge is 2.21. The van der Waals surface area contributed by atoms with E-state index in [4.69, 9.17) is 0 Å². The number of nitrogens with zero attached hydrogens (tertiary/aromatic N) is 3. The van der Waals surface area contributed by atoms with Gasteiger partial charge in [0.15, 0.2) is 5.69 Å². The summed E-state index contributed by atoms with van der Waals surface area (Å²) >= 11 is 1.51. The van der Waals surface area contributed by atoms with Crippen LogP contribution >= 0.6 is 11.3 Å². The maximum atomic E-state index is 12.7. The van der Waals surface area contributed by atoms with Crippen LogP contribution in [0.2, 0.25) is 0 Å². The zero-order valence-electron chi connectivity index (χ0n) is 12.6. The van der Waals surface area contributed by atoms with Crippen molar-refractivity contribution in [3.05, 3.63) is 29.7 Å². The largest absolute Gasteiger partial charge is 0.348 e. The Morgan fingerprint density at radius 3 is 2.91 bits per heavy atom. The Morgan fingerprint density at radius 1 is 1.26 bits per heavy atom. The molecule has 23 heavy (non-hydrogen) atoms. The first-order chi connectivity index (χ1) is 11.3. The second-order valence-electron chi connectivity index (χ2n) is 5.86. The lowest BCUT2D eigenvalue weighted by molar-refractivity contribution is 0.0924. The predicted molar refractivity (Wildman–Crippen MR) is 89.3 cm³/mol. The number of H-pyrrole nitrogens is 1. The molecule has 6 nitrogen and oxygen atoms in total. The zero-order valence-corrected chi connectivity index (χ0v) is 13.4. The van der Waals surface area contributed by atoms with Crippen molar-refractivity contribution in [1.82, 2.24) is 25.5 Å². The van der Waals surface area contributed by atoms with Crippen LogP contribution in [0, 0.1) is 0 Å². The second kappa shape index (κ2) is 6.08. The van der Waals surface area contributed by atoms with Crippen molar-refractivity contribution < 1.29 is 4.79 Å². The normalized spacial score (nSPS) is 15.8. The summed E-state index contributed by atoms with van der Waals surface area (Å²) in [5, 5.41) is 11.0. The number of carbonyl (C=O) groups excluding carboxylic acids is 1. The number of amides is 1. The molecule has 0 radical (unpaired) electrons. The Bertz CT molecular complexity index is 820. The number of aromatic amines is 1. The molecule has 0 aliphatic heterocycles. The van der Waals surface area contributed by atoms with Crippen LogP contribution in [0.25, 0.3) is 21.5 Å². The van der Waals surface area contributed by atoms with Crippen LogP contribution in [0.3, 0.4) is 0 Å². The third-order valence-corrected chi connectivity index (χ3v) is 5.07. The van der Waals surface area contributed by atoms with E-state index < -0.39 is 0 Å². The Kier molecular flexibility index (Phi) is 3.78. The highest BCUT2D eigenvalue weighted by atomic mass is 32.1. The third kappa shape index (κ3) is 2.84. The number of pyridine rings is 1. The average Bonchev–Trinajstić information content (AvgIpc) is 3.26. The van der Waals surface area contributed by atoms with Gasteiger partial charge in [0.05, 0.1) is 27.8 Å². The van der Waals surface area contributed by atoms with Crippen LogP contribution in [0.5, 0.6) is 0 Å². The number of aromatic nitrogens is 4. The zero-order chi connectivity index (χ0) is 15.6. The van der Waals surface area contributed by atoms with E-state index >= 15 is 0 Å². The van der Waals surface area contributed by atoms with Gasteiger partial charge >= 0.3 is 0 Å². The lowest BCUT2D eigenvalue weighted by atomic mass is 9.95. The molecule has 1 saturated carbocycles. The van der Waals surface area contributed by atoms with Gasteiger partial charge in [-0.3, -0.25) is 14.9 Å². The number of thiazole rings is 1. The van der Waals surface area contributed by atoms with Crippen LogP contribution < -0.4 is 5.32 Å². The molecule has 0 spiro atoms. The van der Waals surface area contributed by atoms with Crippen molar-refractivity contribution in [1.29, 1.82) is 0 Å². The average molecular weight is 327 g/mol. The van der Waals surface area contributed by atoms with Gasteiger partial charge in [-0.1, -0.05) is 19.3 Å². The van der Waals surface area contributed by atoms with Crippen molar-refractivity contribution in [3.63, 3.8) is 0 Å². The summed E-state index contributed by atoms with van der Waals surface area (Å²) in [6.07, 6.45) is 9.20. The van der Waals surface area contributed by atoms with Gasteiger partial charge in [-0.25, -0.2) is 4.98 Å². The minimum atomic E-state index is -0.127. The topological polar surface area (TPSA) is 83.6 Å². The van der Waals surface area contributed by atoms with Gasteiger partial charge < -0.3 is 5.32 Å². The van der Waals surface area contributed by atoms with E-state index in [-0.39, 0.29) is 11.9 Å². The van der Waals surface area contributed by atoms with E-state index in [1.165, 1.54) is 30.6 Å². The molecule has 3 heterocycles. The van der Waals surface area contributed by atoms with E-state index in [0.29, 0.717) is 11.2 Å². The van der Waals surface area contributed by atoms with Gasteiger partial charge in [-0.15, -0.1) is 11.3 Å². The fourth-order valence-corrected chi connectivity index (χ4v) is 3.67. The Balaban J connectivity index is 1.69. The van der Waals surface area contributed by atoms with E-state index in [1.807, 2.05) is 6.07 Å². The molecule has 1 aliphatic rings. The highest BCUT2D eigenvalue weighted by Crippen LogP contribution is 2.26. The van der Waals surface area contributed by atoms with Crippen molar-refractivity contribution in [2.24, 2.45) is 0 Å². The van der Waals surface area contributed by atoms with Crippen LogP contribution in [0.15, 0.2) is 24.0 Å². The number of nitrogens with one attached hydrogen (secondary N) is 2. The molecule has 7 heteroatoms. The molecule has 4 rings (SSSR count). The molecule has 0 bridgehead atoms. The molecule has 2 N–H and O–H groups in total. The predicted octanol–water partition coefficient (Wildman–Crippen LogP) is 3.14. The standard InChI is InChI=1S/C16H17N5OS/c22-16(19-11-4-2-1-3-5-11)15-14-10(7-18-21-14)6-12(20-15)13-8-17-9-23-13/h6-9,11H,1-5H2,(H,18,21)(H,19,22). The Hall–Kier alpha value is -2.28. The fraction of sp³-hybridized carbons (Fsp3) is 0.375. The summed E-state index contributed by atoms with van der Waals surface area (Å²) in [6, 6.07) is 2.19. The van der Waals surface area contributed by atoms with Gasteiger partial charge in [-0.2, -0.15) is 5.10 Å². The molecule has 0 aromatic carbocycles. The van der Waals surface area contributed by atoms with Crippen molar-refractivity contribution >= 4 is 28.1 Å². The molecule has 0 unspecified atom stereocenters. The molecule has 3 aromatic rings. The van der Waals surface area contributed by atoms with Gasteiger partial charge in [0.2, 0.25) is 0 Å². The smallest absolute Gasteiger partial charge is 0.272 e. The van der Waals surface area contributed by atoms with E-state index in [1.54, 1.807) is 17.9 Å². The summed E-state index contributed by atoms with van der Waals surface area (Å²) < 4.78 is 0. The first-order valence-electron chi connectivity index (χ1n) is 7.85.